The Kier molecular flexibility index (Phi) is 4.49. The van der Waals surface area contributed by atoms with Crippen molar-refractivity contribution in [3.63, 3.8) is 0 Å². The minimum absolute atomic E-state index is 0.0900. The average Bonchev–Trinajstić information content (AvgIpc) is 2.81. The van der Waals surface area contributed by atoms with Crippen LogP contribution in [0.4, 0.5) is 4.79 Å². The van der Waals surface area contributed by atoms with Crippen molar-refractivity contribution < 1.29 is 19.1 Å². The van der Waals surface area contributed by atoms with Crippen LogP contribution in [-0.4, -0.2) is 52.5 Å². The summed E-state index contributed by atoms with van der Waals surface area (Å²) in [7, 11) is 1.34. The summed E-state index contributed by atoms with van der Waals surface area (Å²) >= 11 is 3.41. The molecule has 1 fully saturated rings. The van der Waals surface area contributed by atoms with E-state index >= 15 is 0 Å². The number of esters is 1. The first-order valence-electron chi connectivity index (χ1n) is 7.93. The summed E-state index contributed by atoms with van der Waals surface area (Å²) < 4.78 is 12.8. The molecule has 0 N–H and O–H groups in total. The summed E-state index contributed by atoms with van der Waals surface area (Å²) in [5.74, 6) is -0.448. The van der Waals surface area contributed by atoms with Gasteiger partial charge in [0.2, 0.25) is 0 Å². The topological polar surface area (TPSA) is 73.7 Å². The number of amides is 1. The summed E-state index contributed by atoms with van der Waals surface area (Å²) in [6.45, 7) is 6.36. The van der Waals surface area contributed by atoms with Gasteiger partial charge in [-0.2, -0.15) is 5.10 Å². The number of rotatable bonds is 2. The number of carbonyl (C=O) groups excluding carboxylic acids is 2. The molecule has 0 radical (unpaired) electrons. The van der Waals surface area contributed by atoms with Gasteiger partial charge < -0.3 is 14.4 Å². The largest absolute Gasteiger partial charge is 0.464 e. The van der Waals surface area contributed by atoms with E-state index < -0.39 is 11.6 Å². The SMILES string of the molecule is COC(=O)c1c2cc(Br)ccc2nn1C1CN(C(=O)OC(C)(C)C)C1. The zero-order valence-corrected chi connectivity index (χ0v) is 16.2. The summed E-state index contributed by atoms with van der Waals surface area (Å²) in [5.41, 5.74) is 0.568. The van der Waals surface area contributed by atoms with Crippen LogP contribution in [0.1, 0.15) is 37.3 Å². The maximum atomic E-state index is 12.3. The first-order chi connectivity index (χ1) is 11.7. The lowest BCUT2D eigenvalue weighted by molar-refractivity contribution is -0.000787. The Morgan fingerprint density at radius 2 is 1.96 bits per heavy atom. The van der Waals surface area contributed by atoms with E-state index in [4.69, 9.17) is 9.47 Å². The lowest BCUT2D eigenvalue weighted by Gasteiger charge is -2.40. The number of nitrogens with zero attached hydrogens (tertiary/aromatic N) is 3. The number of aromatic nitrogens is 2. The standard InChI is InChI=1S/C17H20BrN3O4/c1-17(2,3)25-16(23)20-8-11(9-20)21-14(15(22)24-4)12-7-10(18)5-6-13(12)19-21/h5-7,11H,8-9H2,1-4H3. The minimum Gasteiger partial charge on any atom is -0.464 e. The molecule has 7 nitrogen and oxygen atoms in total. The van der Waals surface area contributed by atoms with Gasteiger partial charge in [-0.15, -0.1) is 0 Å². The van der Waals surface area contributed by atoms with Crippen molar-refractivity contribution in [2.75, 3.05) is 20.2 Å². The van der Waals surface area contributed by atoms with Crippen molar-refractivity contribution in [3.05, 3.63) is 28.4 Å². The zero-order chi connectivity index (χ0) is 18.4. The van der Waals surface area contributed by atoms with Gasteiger partial charge in [0.05, 0.1) is 18.7 Å². The Morgan fingerprint density at radius 3 is 2.56 bits per heavy atom. The number of methoxy groups -OCH3 is 1. The van der Waals surface area contributed by atoms with E-state index in [-0.39, 0.29) is 12.1 Å². The van der Waals surface area contributed by atoms with Crippen LogP contribution < -0.4 is 0 Å². The molecule has 0 aliphatic carbocycles. The molecule has 1 aliphatic heterocycles. The van der Waals surface area contributed by atoms with Crippen molar-refractivity contribution in [1.82, 2.24) is 14.7 Å². The predicted octanol–water partition coefficient (Wildman–Crippen LogP) is 3.38. The van der Waals surface area contributed by atoms with E-state index in [2.05, 4.69) is 21.0 Å². The molecule has 1 aliphatic rings. The summed E-state index contributed by atoms with van der Waals surface area (Å²) in [6, 6.07) is 5.46. The molecule has 1 aromatic heterocycles. The first kappa shape index (κ1) is 17.7. The molecular formula is C17H20BrN3O4. The second-order valence-electron chi connectivity index (χ2n) is 6.99. The van der Waals surface area contributed by atoms with Crippen LogP contribution in [0.15, 0.2) is 22.7 Å². The molecule has 3 rings (SSSR count). The Bertz CT molecular complexity index is 834. The minimum atomic E-state index is -0.536. The molecule has 134 valence electrons. The van der Waals surface area contributed by atoms with Gasteiger partial charge in [0.1, 0.15) is 5.60 Å². The number of hydrogen-bond acceptors (Lipinski definition) is 5. The van der Waals surface area contributed by atoms with E-state index in [0.29, 0.717) is 24.3 Å². The van der Waals surface area contributed by atoms with Gasteiger partial charge in [-0.3, -0.25) is 4.68 Å². The van der Waals surface area contributed by atoms with Gasteiger partial charge in [0.15, 0.2) is 5.69 Å². The summed E-state index contributed by atoms with van der Waals surface area (Å²) in [4.78, 5) is 25.9. The highest BCUT2D eigenvalue weighted by Crippen LogP contribution is 2.30. The van der Waals surface area contributed by atoms with Crippen molar-refractivity contribution in [1.29, 1.82) is 0 Å². The van der Waals surface area contributed by atoms with Crippen LogP contribution in [0.3, 0.4) is 0 Å². The van der Waals surface area contributed by atoms with Crippen LogP contribution in [0.25, 0.3) is 10.9 Å². The van der Waals surface area contributed by atoms with E-state index in [9.17, 15) is 9.59 Å². The number of likely N-dealkylation sites (tertiary alicyclic amines) is 1. The van der Waals surface area contributed by atoms with Crippen molar-refractivity contribution >= 4 is 38.9 Å². The highest BCUT2D eigenvalue weighted by molar-refractivity contribution is 9.10. The number of fused-ring (bicyclic) bond motifs is 1. The molecule has 1 amide bonds. The Hall–Kier alpha value is -2.09. The van der Waals surface area contributed by atoms with E-state index in [1.807, 2.05) is 39.0 Å². The van der Waals surface area contributed by atoms with Crippen LogP contribution >= 0.6 is 15.9 Å². The van der Waals surface area contributed by atoms with Crippen LogP contribution in [0.2, 0.25) is 0 Å². The third-order valence-corrected chi connectivity index (χ3v) is 4.39. The smallest absolute Gasteiger partial charge is 0.410 e. The first-order valence-corrected chi connectivity index (χ1v) is 8.73. The average molecular weight is 410 g/mol. The molecule has 0 spiro atoms. The fourth-order valence-corrected chi connectivity index (χ4v) is 3.09. The fraction of sp³-hybridized carbons (Fsp3) is 0.471. The third-order valence-electron chi connectivity index (χ3n) is 3.90. The van der Waals surface area contributed by atoms with Gasteiger partial charge >= 0.3 is 12.1 Å². The lowest BCUT2D eigenvalue weighted by Crippen LogP contribution is -2.52. The maximum Gasteiger partial charge on any atom is 0.410 e. The molecule has 2 aromatic rings. The monoisotopic (exact) mass is 409 g/mol. The quantitative estimate of drug-likeness (QED) is 0.710. The second-order valence-corrected chi connectivity index (χ2v) is 7.90. The molecule has 0 atom stereocenters. The zero-order valence-electron chi connectivity index (χ0n) is 14.6. The van der Waals surface area contributed by atoms with Gasteiger partial charge in [0.25, 0.3) is 0 Å². The molecular weight excluding hydrogens is 390 g/mol. The van der Waals surface area contributed by atoms with Crippen LogP contribution in [0, 0.1) is 0 Å². The summed E-state index contributed by atoms with van der Waals surface area (Å²) in [6.07, 6.45) is -0.358. The number of hydrogen-bond donors (Lipinski definition) is 0. The van der Waals surface area contributed by atoms with E-state index in [1.54, 1.807) is 9.58 Å². The number of ether oxygens (including phenoxy) is 2. The number of benzene rings is 1. The predicted molar refractivity (Wildman–Crippen MR) is 95.6 cm³/mol. The van der Waals surface area contributed by atoms with Crippen LogP contribution in [0.5, 0.6) is 0 Å². The van der Waals surface area contributed by atoms with Gasteiger partial charge in [-0.1, -0.05) is 15.9 Å². The van der Waals surface area contributed by atoms with Crippen molar-refractivity contribution in [2.24, 2.45) is 0 Å². The third kappa shape index (κ3) is 3.49. The van der Waals surface area contributed by atoms with Gasteiger partial charge in [0, 0.05) is 22.9 Å². The molecule has 2 heterocycles. The Balaban J connectivity index is 1.85. The normalized spacial score (nSPS) is 15.2. The molecule has 0 saturated carbocycles. The fourth-order valence-electron chi connectivity index (χ4n) is 2.72. The maximum absolute atomic E-state index is 12.3. The molecule has 0 unspecified atom stereocenters. The van der Waals surface area contributed by atoms with E-state index in [1.165, 1.54) is 7.11 Å². The lowest BCUT2D eigenvalue weighted by atomic mass is 10.1. The Morgan fingerprint density at radius 1 is 1.28 bits per heavy atom. The Labute approximate surface area is 154 Å². The van der Waals surface area contributed by atoms with Gasteiger partial charge in [-0.05, 0) is 39.0 Å². The molecule has 8 heteroatoms. The summed E-state index contributed by atoms with van der Waals surface area (Å²) in [5, 5.41) is 5.25. The van der Waals surface area contributed by atoms with Crippen molar-refractivity contribution in [3.8, 4) is 0 Å². The molecule has 0 bridgehead atoms. The number of carbonyl (C=O) groups is 2. The van der Waals surface area contributed by atoms with Crippen LogP contribution in [-0.2, 0) is 9.47 Å². The second kappa shape index (κ2) is 6.33. The van der Waals surface area contributed by atoms with E-state index in [0.717, 1.165) is 9.86 Å². The number of halogens is 1. The highest BCUT2D eigenvalue weighted by atomic mass is 79.9. The highest BCUT2D eigenvalue weighted by Gasteiger charge is 2.37. The van der Waals surface area contributed by atoms with Gasteiger partial charge in [-0.25, -0.2) is 9.59 Å². The molecule has 25 heavy (non-hydrogen) atoms. The molecule has 1 saturated heterocycles. The van der Waals surface area contributed by atoms with Crippen molar-refractivity contribution in [2.45, 2.75) is 32.4 Å². The molecule has 1 aromatic carbocycles.